The van der Waals surface area contributed by atoms with Crippen LogP contribution in [0.4, 0.5) is 10.1 Å². The van der Waals surface area contributed by atoms with Crippen molar-refractivity contribution in [1.82, 2.24) is 14.8 Å². The highest BCUT2D eigenvalue weighted by molar-refractivity contribution is 7.85. The minimum atomic E-state index is -3.69. The molecule has 0 saturated carbocycles. The Labute approximate surface area is 171 Å². The first-order chi connectivity index (χ1) is 13.7. The standard InChI is InChI=1S/C18H16ClFN4O4S/c1-29(26,27)28-10-13-7-14(19)16(20)15(8-13)22-18(25)17-21-11-24(23-17)9-12-5-3-2-4-6-12/h2-8,11H,9-10H2,1H3,(H,22,25). The number of carbonyl (C=O) groups excluding carboxylic acids is 1. The Hall–Kier alpha value is -2.82. The summed E-state index contributed by atoms with van der Waals surface area (Å²) in [5.41, 5.74) is 0.995. The van der Waals surface area contributed by atoms with E-state index < -0.39 is 21.8 Å². The smallest absolute Gasteiger partial charge is 0.295 e. The van der Waals surface area contributed by atoms with Gasteiger partial charge in [0.25, 0.3) is 16.0 Å². The summed E-state index contributed by atoms with van der Waals surface area (Å²) in [6.07, 6.45) is 2.28. The van der Waals surface area contributed by atoms with E-state index in [1.165, 1.54) is 23.1 Å². The molecule has 0 aliphatic carbocycles. The number of rotatable bonds is 7. The molecule has 3 rings (SSSR count). The number of anilines is 1. The number of amides is 1. The Kier molecular flexibility index (Phi) is 6.26. The summed E-state index contributed by atoms with van der Waals surface area (Å²) >= 11 is 5.83. The van der Waals surface area contributed by atoms with Crippen LogP contribution in [0.3, 0.4) is 0 Å². The predicted molar refractivity (Wildman–Crippen MR) is 105 cm³/mol. The van der Waals surface area contributed by atoms with Gasteiger partial charge in [-0.1, -0.05) is 41.9 Å². The molecule has 1 N–H and O–H groups in total. The number of nitrogens with one attached hydrogen (secondary N) is 1. The van der Waals surface area contributed by atoms with E-state index in [9.17, 15) is 17.6 Å². The summed E-state index contributed by atoms with van der Waals surface area (Å²) in [6.45, 7) is 0.0608. The van der Waals surface area contributed by atoms with E-state index in [0.29, 0.717) is 6.54 Å². The third kappa shape index (κ3) is 5.83. The molecule has 0 aliphatic heterocycles. The molecule has 1 heterocycles. The second kappa shape index (κ2) is 8.68. The molecule has 0 saturated heterocycles. The van der Waals surface area contributed by atoms with Crippen LogP contribution in [0.15, 0.2) is 48.8 Å². The molecule has 0 aliphatic rings. The molecule has 2 aromatic carbocycles. The molecule has 0 radical (unpaired) electrons. The zero-order valence-corrected chi connectivity index (χ0v) is 16.7. The second-order valence-electron chi connectivity index (χ2n) is 6.11. The molecule has 1 aromatic heterocycles. The van der Waals surface area contributed by atoms with Crippen molar-refractivity contribution in [3.8, 4) is 0 Å². The van der Waals surface area contributed by atoms with Crippen molar-refractivity contribution in [2.45, 2.75) is 13.2 Å². The summed E-state index contributed by atoms with van der Waals surface area (Å²) in [7, 11) is -3.69. The number of aromatic nitrogens is 3. The molecule has 0 bridgehead atoms. The largest absolute Gasteiger partial charge is 0.317 e. The first-order valence-corrected chi connectivity index (χ1v) is 10.5. The Morgan fingerprint density at radius 1 is 1.24 bits per heavy atom. The third-order valence-corrected chi connectivity index (χ3v) is 4.52. The summed E-state index contributed by atoms with van der Waals surface area (Å²) in [5.74, 6) is -1.77. The average molecular weight is 439 g/mol. The minimum Gasteiger partial charge on any atom is -0.317 e. The lowest BCUT2D eigenvalue weighted by molar-refractivity contribution is 0.101. The highest BCUT2D eigenvalue weighted by Gasteiger charge is 2.17. The van der Waals surface area contributed by atoms with Gasteiger partial charge in [-0.05, 0) is 23.3 Å². The molecule has 11 heteroatoms. The van der Waals surface area contributed by atoms with Crippen LogP contribution in [-0.2, 0) is 27.5 Å². The van der Waals surface area contributed by atoms with Crippen LogP contribution in [0.2, 0.25) is 5.02 Å². The quantitative estimate of drug-likeness (QED) is 0.569. The molecule has 29 heavy (non-hydrogen) atoms. The van der Waals surface area contributed by atoms with E-state index in [1.54, 1.807) is 0 Å². The van der Waals surface area contributed by atoms with Gasteiger partial charge in [0.2, 0.25) is 5.82 Å². The van der Waals surface area contributed by atoms with Gasteiger partial charge in [-0.15, -0.1) is 5.10 Å². The topological polar surface area (TPSA) is 103 Å². The molecular formula is C18H16ClFN4O4S. The van der Waals surface area contributed by atoms with Gasteiger partial charge in [0, 0.05) is 0 Å². The molecule has 0 unspecified atom stereocenters. The lowest BCUT2D eigenvalue weighted by Gasteiger charge is -2.09. The molecule has 0 fully saturated rings. The molecule has 152 valence electrons. The lowest BCUT2D eigenvalue weighted by Crippen LogP contribution is -2.16. The highest BCUT2D eigenvalue weighted by atomic mass is 35.5. The first-order valence-electron chi connectivity index (χ1n) is 8.28. The van der Waals surface area contributed by atoms with Gasteiger partial charge in [-0.3, -0.25) is 8.98 Å². The van der Waals surface area contributed by atoms with Crippen LogP contribution in [0, 0.1) is 5.82 Å². The van der Waals surface area contributed by atoms with Crippen molar-refractivity contribution in [3.05, 3.63) is 76.6 Å². The van der Waals surface area contributed by atoms with Crippen LogP contribution in [0.25, 0.3) is 0 Å². The monoisotopic (exact) mass is 438 g/mol. The van der Waals surface area contributed by atoms with Gasteiger partial charge in [-0.2, -0.15) is 8.42 Å². The number of hydrogen-bond acceptors (Lipinski definition) is 6. The van der Waals surface area contributed by atoms with Crippen molar-refractivity contribution in [1.29, 1.82) is 0 Å². The zero-order valence-electron chi connectivity index (χ0n) is 15.2. The number of carbonyl (C=O) groups is 1. The molecule has 1 amide bonds. The Morgan fingerprint density at radius 3 is 2.66 bits per heavy atom. The van der Waals surface area contributed by atoms with Gasteiger partial charge in [0.05, 0.1) is 30.1 Å². The summed E-state index contributed by atoms with van der Waals surface area (Å²) < 4.78 is 42.7. The van der Waals surface area contributed by atoms with Crippen LogP contribution >= 0.6 is 11.6 Å². The SMILES string of the molecule is CS(=O)(=O)OCc1cc(Cl)c(F)c(NC(=O)c2ncn(Cc3ccccc3)n2)c1. The van der Waals surface area contributed by atoms with E-state index in [1.807, 2.05) is 30.3 Å². The Morgan fingerprint density at radius 2 is 1.97 bits per heavy atom. The van der Waals surface area contributed by atoms with Gasteiger partial charge in [0.1, 0.15) is 6.33 Å². The Bertz CT molecular complexity index is 1140. The second-order valence-corrected chi connectivity index (χ2v) is 8.16. The average Bonchev–Trinajstić information content (AvgIpc) is 3.13. The molecule has 8 nitrogen and oxygen atoms in total. The summed E-state index contributed by atoms with van der Waals surface area (Å²) in [6, 6.07) is 11.9. The van der Waals surface area contributed by atoms with Crippen molar-refractivity contribution >= 4 is 33.3 Å². The van der Waals surface area contributed by atoms with Crippen LogP contribution in [-0.4, -0.2) is 35.3 Å². The first kappa shape index (κ1) is 20.9. The fourth-order valence-corrected chi connectivity index (χ4v) is 3.01. The van der Waals surface area contributed by atoms with Crippen LogP contribution < -0.4 is 5.32 Å². The zero-order chi connectivity index (χ0) is 21.0. The predicted octanol–water partition coefficient (Wildman–Crippen LogP) is 2.85. The molecule has 0 atom stereocenters. The van der Waals surface area contributed by atoms with Crippen molar-refractivity contribution < 1.29 is 21.8 Å². The fraction of sp³-hybridized carbons (Fsp3) is 0.167. The van der Waals surface area contributed by atoms with Crippen molar-refractivity contribution in [3.63, 3.8) is 0 Å². The number of nitrogens with zero attached hydrogens (tertiary/aromatic N) is 3. The van der Waals surface area contributed by atoms with E-state index in [0.717, 1.165) is 11.8 Å². The fourth-order valence-electron chi connectivity index (χ4n) is 2.42. The minimum absolute atomic E-state index is 0.158. The van der Waals surface area contributed by atoms with E-state index in [-0.39, 0.29) is 28.7 Å². The molecule has 3 aromatic rings. The Balaban J connectivity index is 1.74. The molecule has 0 spiro atoms. The van der Waals surface area contributed by atoms with E-state index >= 15 is 0 Å². The summed E-state index contributed by atoms with van der Waals surface area (Å²) in [4.78, 5) is 16.3. The van der Waals surface area contributed by atoms with Gasteiger partial charge in [0.15, 0.2) is 5.82 Å². The number of benzene rings is 2. The highest BCUT2D eigenvalue weighted by Crippen LogP contribution is 2.26. The van der Waals surface area contributed by atoms with Gasteiger partial charge in [-0.25, -0.2) is 14.1 Å². The van der Waals surface area contributed by atoms with E-state index in [4.69, 9.17) is 11.6 Å². The van der Waals surface area contributed by atoms with Gasteiger partial charge >= 0.3 is 0 Å². The normalized spacial score (nSPS) is 11.4. The van der Waals surface area contributed by atoms with E-state index in [2.05, 4.69) is 19.6 Å². The maximum Gasteiger partial charge on any atom is 0.295 e. The van der Waals surface area contributed by atoms with Crippen LogP contribution in [0.5, 0.6) is 0 Å². The van der Waals surface area contributed by atoms with Crippen molar-refractivity contribution in [2.75, 3.05) is 11.6 Å². The maximum absolute atomic E-state index is 14.3. The number of halogens is 2. The molecular weight excluding hydrogens is 423 g/mol. The third-order valence-electron chi connectivity index (χ3n) is 3.70. The number of hydrogen-bond donors (Lipinski definition) is 1. The van der Waals surface area contributed by atoms with Crippen molar-refractivity contribution in [2.24, 2.45) is 0 Å². The van der Waals surface area contributed by atoms with Gasteiger partial charge < -0.3 is 5.32 Å². The maximum atomic E-state index is 14.3. The lowest BCUT2D eigenvalue weighted by atomic mass is 10.2. The van der Waals surface area contributed by atoms with Crippen LogP contribution in [0.1, 0.15) is 21.7 Å². The summed E-state index contributed by atoms with van der Waals surface area (Å²) in [5, 5.41) is 6.13.